The fourth-order valence-corrected chi connectivity index (χ4v) is 1.80. The van der Waals surface area contributed by atoms with Crippen LogP contribution < -0.4 is 16.4 Å². The fourth-order valence-electron chi connectivity index (χ4n) is 1.80. The molecule has 0 aromatic carbocycles. The molecule has 6 heteroatoms. The van der Waals surface area contributed by atoms with E-state index in [1.165, 1.54) is 16.8 Å². The summed E-state index contributed by atoms with van der Waals surface area (Å²) in [7, 11) is 0. The molecule has 1 aromatic heterocycles. The average molecular weight is 224 g/mol. The molecule has 0 bridgehead atoms. The van der Waals surface area contributed by atoms with Crippen LogP contribution >= 0.6 is 0 Å². The smallest absolute Gasteiger partial charge is 0.265 e. The minimum atomic E-state index is -0.236. The van der Waals surface area contributed by atoms with Gasteiger partial charge in [0.25, 0.3) is 11.1 Å². The summed E-state index contributed by atoms with van der Waals surface area (Å²) in [6.07, 6.45) is 0. The van der Waals surface area contributed by atoms with Crippen LogP contribution in [0.1, 0.15) is 0 Å². The predicted octanol–water partition coefficient (Wildman–Crippen LogP) is -1.56. The molecule has 1 aliphatic heterocycles. The number of nitrogens with zero attached hydrogens (tertiary/aromatic N) is 2. The van der Waals surface area contributed by atoms with E-state index in [-0.39, 0.29) is 11.1 Å². The minimum Gasteiger partial charge on any atom is -0.314 e. The number of nitrogens with one attached hydrogen (secondary N) is 2. The summed E-state index contributed by atoms with van der Waals surface area (Å²) in [4.78, 5) is 24.7. The van der Waals surface area contributed by atoms with Gasteiger partial charge in [-0.25, -0.2) is 4.68 Å². The Morgan fingerprint density at radius 1 is 1.12 bits per heavy atom. The average Bonchev–Trinajstić information content (AvgIpc) is 2.32. The van der Waals surface area contributed by atoms with Gasteiger partial charge in [-0.3, -0.25) is 19.6 Å². The molecular formula is C10H16N4O2. The SMILES string of the molecule is O=c1ccc(=O)n(CCN2CCNCC2)[nH]1. The molecule has 0 radical (unpaired) electrons. The zero-order valence-electron chi connectivity index (χ0n) is 9.11. The van der Waals surface area contributed by atoms with Crippen LogP contribution in [0.4, 0.5) is 0 Å². The number of H-pyrrole nitrogens is 1. The van der Waals surface area contributed by atoms with Crippen LogP contribution in [0, 0.1) is 0 Å². The first-order valence-electron chi connectivity index (χ1n) is 5.49. The van der Waals surface area contributed by atoms with Gasteiger partial charge in [-0.1, -0.05) is 0 Å². The quantitative estimate of drug-likeness (QED) is 0.651. The lowest BCUT2D eigenvalue weighted by molar-refractivity contribution is 0.227. The monoisotopic (exact) mass is 224 g/mol. The maximum Gasteiger partial charge on any atom is 0.265 e. The first-order chi connectivity index (χ1) is 7.75. The largest absolute Gasteiger partial charge is 0.314 e. The van der Waals surface area contributed by atoms with Crippen LogP contribution in [0.25, 0.3) is 0 Å². The topological polar surface area (TPSA) is 70.1 Å². The van der Waals surface area contributed by atoms with Crippen molar-refractivity contribution < 1.29 is 0 Å². The normalized spacial score (nSPS) is 17.5. The fraction of sp³-hybridized carbons (Fsp3) is 0.600. The summed E-state index contributed by atoms with van der Waals surface area (Å²) < 4.78 is 1.37. The van der Waals surface area contributed by atoms with Crippen molar-refractivity contribution in [2.75, 3.05) is 32.7 Å². The lowest BCUT2D eigenvalue weighted by Crippen LogP contribution is -2.45. The summed E-state index contributed by atoms with van der Waals surface area (Å²) in [6.45, 7) is 5.29. The maximum absolute atomic E-state index is 11.4. The highest BCUT2D eigenvalue weighted by Crippen LogP contribution is 1.91. The summed E-state index contributed by atoms with van der Waals surface area (Å²) in [5.41, 5.74) is -0.394. The molecule has 0 spiro atoms. The molecule has 0 aliphatic carbocycles. The van der Waals surface area contributed by atoms with E-state index in [4.69, 9.17) is 0 Å². The van der Waals surface area contributed by atoms with E-state index in [9.17, 15) is 9.59 Å². The Labute approximate surface area is 92.9 Å². The zero-order chi connectivity index (χ0) is 11.4. The summed E-state index contributed by atoms with van der Waals surface area (Å²) in [5, 5.41) is 5.79. The molecule has 1 aromatic rings. The number of hydrogen-bond donors (Lipinski definition) is 2. The maximum atomic E-state index is 11.4. The lowest BCUT2D eigenvalue weighted by Gasteiger charge is -2.27. The molecule has 2 N–H and O–H groups in total. The highest BCUT2D eigenvalue weighted by Gasteiger charge is 2.09. The third-order valence-corrected chi connectivity index (χ3v) is 2.74. The second-order valence-electron chi connectivity index (χ2n) is 3.89. The van der Waals surface area contributed by atoms with Gasteiger partial charge in [0.05, 0.1) is 6.54 Å². The van der Waals surface area contributed by atoms with Gasteiger partial charge < -0.3 is 5.32 Å². The molecule has 2 heterocycles. The number of aromatic amines is 1. The van der Waals surface area contributed by atoms with Crippen molar-refractivity contribution in [1.29, 1.82) is 0 Å². The van der Waals surface area contributed by atoms with E-state index < -0.39 is 0 Å². The standard InChI is InChI=1S/C10H16N4O2/c15-9-1-2-10(16)14(12-9)8-7-13-5-3-11-4-6-13/h1-2,11H,3-8H2,(H,12,15). The van der Waals surface area contributed by atoms with E-state index in [0.717, 1.165) is 32.7 Å². The van der Waals surface area contributed by atoms with Crippen LogP contribution in [0.5, 0.6) is 0 Å². The van der Waals surface area contributed by atoms with Crippen molar-refractivity contribution in [2.24, 2.45) is 0 Å². The first-order valence-corrected chi connectivity index (χ1v) is 5.49. The molecule has 1 fully saturated rings. The third kappa shape index (κ3) is 2.80. The van der Waals surface area contributed by atoms with Gasteiger partial charge in [0, 0.05) is 44.9 Å². The Balaban J connectivity index is 1.96. The van der Waals surface area contributed by atoms with E-state index in [1.54, 1.807) is 0 Å². The molecule has 16 heavy (non-hydrogen) atoms. The van der Waals surface area contributed by atoms with Gasteiger partial charge >= 0.3 is 0 Å². The molecular weight excluding hydrogens is 208 g/mol. The van der Waals surface area contributed by atoms with Gasteiger partial charge in [0.2, 0.25) is 0 Å². The third-order valence-electron chi connectivity index (χ3n) is 2.74. The minimum absolute atomic E-state index is 0.158. The van der Waals surface area contributed by atoms with Crippen LogP contribution in [0.3, 0.4) is 0 Å². The van der Waals surface area contributed by atoms with Gasteiger partial charge in [0.1, 0.15) is 0 Å². The molecule has 1 aliphatic rings. The van der Waals surface area contributed by atoms with Crippen LogP contribution in [0.15, 0.2) is 21.7 Å². The van der Waals surface area contributed by atoms with Gasteiger partial charge in [-0.2, -0.15) is 0 Å². The molecule has 0 saturated carbocycles. The van der Waals surface area contributed by atoms with Crippen LogP contribution in [-0.2, 0) is 6.54 Å². The summed E-state index contributed by atoms with van der Waals surface area (Å²) in [5.74, 6) is 0. The Morgan fingerprint density at radius 2 is 1.88 bits per heavy atom. The number of hydrogen-bond acceptors (Lipinski definition) is 4. The van der Waals surface area contributed by atoms with E-state index in [1.807, 2.05) is 0 Å². The van der Waals surface area contributed by atoms with E-state index >= 15 is 0 Å². The van der Waals surface area contributed by atoms with Crippen molar-refractivity contribution in [3.05, 3.63) is 32.8 Å². The molecule has 6 nitrogen and oxygen atoms in total. The molecule has 2 rings (SSSR count). The molecule has 1 saturated heterocycles. The molecule has 0 unspecified atom stereocenters. The Hall–Kier alpha value is -1.40. The summed E-state index contributed by atoms with van der Waals surface area (Å²) in [6, 6.07) is 2.56. The van der Waals surface area contributed by atoms with Crippen molar-refractivity contribution >= 4 is 0 Å². The van der Waals surface area contributed by atoms with Crippen molar-refractivity contribution in [1.82, 2.24) is 20.0 Å². The highest BCUT2D eigenvalue weighted by molar-refractivity contribution is 4.86. The van der Waals surface area contributed by atoms with Crippen molar-refractivity contribution in [3.8, 4) is 0 Å². The number of rotatable bonds is 3. The zero-order valence-corrected chi connectivity index (χ0v) is 9.11. The second kappa shape index (κ2) is 5.09. The second-order valence-corrected chi connectivity index (χ2v) is 3.89. The van der Waals surface area contributed by atoms with Gasteiger partial charge in [-0.05, 0) is 0 Å². The van der Waals surface area contributed by atoms with Crippen molar-refractivity contribution in [3.63, 3.8) is 0 Å². The Morgan fingerprint density at radius 3 is 2.62 bits per heavy atom. The molecule has 0 amide bonds. The number of aromatic nitrogens is 2. The van der Waals surface area contributed by atoms with E-state index in [2.05, 4.69) is 15.3 Å². The predicted molar refractivity (Wildman–Crippen MR) is 60.6 cm³/mol. The Kier molecular flexibility index (Phi) is 3.53. The molecule has 0 atom stereocenters. The number of piperazine rings is 1. The Bertz CT molecular complexity index is 445. The van der Waals surface area contributed by atoms with E-state index in [0.29, 0.717) is 6.54 Å². The van der Waals surface area contributed by atoms with Crippen LogP contribution in [0.2, 0.25) is 0 Å². The first kappa shape index (κ1) is 11.1. The highest BCUT2D eigenvalue weighted by atomic mass is 16.1. The van der Waals surface area contributed by atoms with Crippen LogP contribution in [-0.4, -0.2) is 47.4 Å². The lowest BCUT2D eigenvalue weighted by atomic mass is 10.3. The van der Waals surface area contributed by atoms with Crippen molar-refractivity contribution in [2.45, 2.75) is 6.54 Å². The summed E-state index contributed by atoms with van der Waals surface area (Å²) >= 11 is 0. The molecule has 88 valence electrons. The van der Waals surface area contributed by atoms with Gasteiger partial charge in [0.15, 0.2) is 0 Å². The van der Waals surface area contributed by atoms with Gasteiger partial charge in [-0.15, -0.1) is 0 Å².